The predicted molar refractivity (Wildman–Crippen MR) is 79.4 cm³/mol. The Morgan fingerprint density at radius 2 is 2.10 bits per heavy atom. The number of carbonyl (C=O) groups excluding carboxylic acids is 1. The zero-order valence-electron chi connectivity index (χ0n) is 11.9. The molecule has 3 fully saturated rings. The van der Waals surface area contributed by atoms with Crippen molar-refractivity contribution in [3.05, 3.63) is 29.3 Å². The van der Waals surface area contributed by atoms with Crippen molar-refractivity contribution in [2.45, 2.75) is 25.8 Å². The summed E-state index contributed by atoms with van der Waals surface area (Å²) in [4.78, 5) is 14.9. The second-order valence-corrected chi connectivity index (χ2v) is 5.91. The van der Waals surface area contributed by atoms with Crippen LogP contribution in [0.1, 0.15) is 28.8 Å². The highest BCUT2D eigenvalue weighted by Gasteiger charge is 2.35. The third-order valence-corrected chi connectivity index (χ3v) is 4.55. The molecule has 20 heavy (non-hydrogen) atoms. The first kappa shape index (κ1) is 13.4. The fourth-order valence-corrected chi connectivity index (χ4v) is 3.35. The van der Waals surface area contributed by atoms with Crippen LogP contribution in [-0.2, 0) is 0 Å². The molecule has 0 spiro atoms. The van der Waals surface area contributed by atoms with Gasteiger partial charge in [0.25, 0.3) is 5.91 Å². The molecule has 1 unspecified atom stereocenters. The summed E-state index contributed by atoms with van der Waals surface area (Å²) in [6.07, 6.45) is 2.39. The van der Waals surface area contributed by atoms with Gasteiger partial charge in [-0.3, -0.25) is 10.6 Å². The topological polar surface area (TPSA) is 70.4 Å². The number of nitrogens with zero attached hydrogens (tertiary/aromatic N) is 1. The fourth-order valence-electron chi connectivity index (χ4n) is 3.35. The van der Waals surface area contributed by atoms with Gasteiger partial charge in [-0.05, 0) is 56.5 Å². The molecule has 108 valence electrons. The molecule has 0 aromatic heterocycles. The number of anilines is 1. The van der Waals surface area contributed by atoms with Crippen LogP contribution in [0.3, 0.4) is 0 Å². The molecule has 4 rings (SSSR count). The SMILES string of the molecule is Cc1ccc(C(=O)NC2CN3CCC2CC3)c(NN)c1. The van der Waals surface area contributed by atoms with Gasteiger partial charge in [-0.15, -0.1) is 0 Å². The van der Waals surface area contributed by atoms with Crippen molar-refractivity contribution >= 4 is 11.6 Å². The molecular weight excluding hydrogens is 252 g/mol. The Bertz CT molecular complexity index is 509. The average Bonchev–Trinajstić information content (AvgIpc) is 2.48. The first-order valence-corrected chi connectivity index (χ1v) is 7.28. The molecule has 1 atom stereocenters. The maximum Gasteiger partial charge on any atom is 0.253 e. The quantitative estimate of drug-likeness (QED) is 0.570. The summed E-state index contributed by atoms with van der Waals surface area (Å²) < 4.78 is 0. The van der Waals surface area contributed by atoms with Crippen molar-refractivity contribution < 1.29 is 4.79 Å². The molecule has 1 amide bonds. The molecular formula is C15H22N4O. The highest BCUT2D eigenvalue weighted by atomic mass is 16.1. The van der Waals surface area contributed by atoms with Gasteiger partial charge in [0.2, 0.25) is 0 Å². The number of carbonyl (C=O) groups is 1. The van der Waals surface area contributed by atoms with Crippen LogP contribution in [0.2, 0.25) is 0 Å². The second-order valence-electron chi connectivity index (χ2n) is 5.91. The molecule has 3 saturated heterocycles. The number of amides is 1. The van der Waals surface area contributed by atoms with Crippen LogP contribution in [0, 0.1) is 12.8 Å². The van der Waals surface area contributed by atoms with Crippen molar-refractivity contribution in [3.63, 3.8) is 0 Å². The first-order chi connectivity index (χ1) is 9.67. The van der Waals surface area contributed by atoms with Crippen LogP contribution in [0.15, 0.2) is 18.2 Å². The zero-order chi connectivity index (χ0) is 14.1. The number of aryl methyl sites for hydroxylation is 1. The molecule has 3 heterocycles. The third-order valence-electron chi connectivity index (χ3n) is 4.55. The Labute approximate surface area is 119 Å². The Hall–Kier alpha value is -1.59. The van der Waals surface area contributed by atoms with Crippen molar-refractivity contribution in [2.24, 2.45) is 11.8 Å². The fraction of sp³-hybridized carbons (Fsp3) is 0.533. The normalized spacial score (nSPS) is 28.2. The summed E-state index contributed by atoms with van der Waals surface area (Å²) in [6, 6.07) is 5.94. The van der Waals surface area contributed by atoms with Crippen molar-refractivity contribution in [3.8, 4) is 0 Å². The van der Waals surface area contributed by atoms with Gasteiger partial charge in [0.05, 0.1) is 11.3 Å². The van der Waals surface area contributed by atoms with E-state index in [4.69, 9.17) is 5.84 Å². The number of nitrogens with two attached hydrogens (primary N) is 1. The van der Waals surface area contributed by atoms with Crippen LogP contribution in [-0.4, -0.2) is 36.5 Å². The Kier molecular flexibility index (Phi) is 3.63. The molecule has 0 saturated carbocycles. The standard InChI is InChI=1S/C15H22N4O/c1-10-2-3-12(13(8-10)18-16)15(20)17-14-9-19-6-4-11(14)5-7-19/h2-3,8,11,14,18H,4-7,9,16H2,1H3,(H,17,20). The minimum absolute atomic E-state index is 0.0308. The molecule has 3 aliphatic heterocycles. The van der Waals surface area contributed by atoms with E-state index in [1.54, 1.807) is 0 Å². The van der Waals surface area contributed by atoms with E-state index in [1.807, 2.05) is 25.1 Å². The lowest BCUT2D eigenvalue weighted by Gasteiger charge is -2.44. The lowest BCUT2D eigenvalue weighted by atomic mass is 9.84. The van der Waals surface area contributed by atoms with E-state index in [0.29, 0.717) is 17.2 Å². The van der Waals surface area contributed by atoms with E-state index < -0.39 is 0 Å². The third kappa shape index (κ3) is 2.51. The Morgan fingerprint density at radius 3 is 2.70 bits per heavy atom. The number of benzene rings is 1. The molecule has 5 nitrogen and oxygen atoms in total. The van der Waals surface area contributed by atoms with Crippen molar-refractivity contribution in [1.29, 1.82) is 0 Å². The van der Waals surface area contributed by atoms with E-state index in [1.165, 1.54) is 25.9 Å². The largest absolute Gasteiger partial charge is 0.348 e. The molecule has 5 heteroatoms. The van der Waals surface area contributed by atoms with Crippen LogP contribution in [0.5, 0.6) is 0 Å². The molecule has 0 radical (unpaired) electrons. The van der Waals surface area contributed by atoms with Crippen molar-refractivity contribution in [1.82, 2.24) is 10.2 Å². The monoisotopic (exact) mass is 274 g/mol. The van der Waals surface area contributed by atoms with Crippen LogP contribution < -0.4 is 16.6 Å². The van der Waals surface area contributed by atoms with E-state index >= 15 is 0 Å². The van der Waals surface area contributed by atoms with Gasteiger partial charge in [-0.1, -0.05) is 6.07 Å². The van der Waals surface area contributed by atoms with Crippen LogP contribution in [0.4, 0.5) is 5.69 Å². The van der Waals surface area contributed by atoms with Gasteiger partial charge in [-0.25, -0.2) is 0 Å². The number of fused-ring (bicyclic) bond motifs is 3. The van der Waals surface area contributed by atoms with Crippen LogP contribution in [0.25, 0.3) is 0 Å². The van der Waals surface area contributed by atoms with Gasteiger partial charge in [-0.2, -0.15) is 0 Å². The lowest BCUT2D eigenvalue weighted by Crippen LogP contribution is -2.57. The lowest BCUT2D eigenvalue weighted by molar-refractivity contribution is 0.0621. The summed E-state index contributed by atoms with van der Waals surface area (Å²) in [5.74, 6) is 6.11. The van der Waals surface area contributed by atoms with Gasteiger partial charge in [0.1, 0.15) is 0 Å². The Balaban J connectivity index is 1.73. The second kappa shape index (κ2) is 5.42. The minimum atomic E-state index is -0.0308. The van der Waals surface area contributed by atoms with Crippen molar-refractivity contribution in [2.75, 3.05) is 25.1 Å². The number of piperidine rings is 3. The highest BCUT2D eigenvalue weighted by molar-refractivity contribution is 5.99. The summed E-state index contributed by atoms with van der Waals surface area (Å²) in [5.41, 5.74) is 5.00. The number of hydrazine groups is 1. The maximum absolute atomic E-state index is 12.5. The number of nitrogen functional groups attached to an aromatic ring is 1. The minimum Gasteiger partial charge on any atom is -0.348 e. The van der Waals surface area contributed by atoms with Gasteiger partial charge >= 0.3 is 0 Å². The van der Waals surface area contributed by atoms with Gasteiger partial charge in [0.15, 0.2) is 0 Å². The molecule has 3 aliphatic rings. The number of hydrogen-bond acceptors (Lipinski definition) is 4. The molecule has 2 bridgehead atoms. The predicted octanol–water partition coefficient (Wildman–Crippen LogP) is 1.10. The first-order valence-electron chi connectivity index (χ1n) is 7.28. The zero-order valence-corrected chi connectivity index (χ0v) is 11.9. The smallest absolute Gasteiger partial charge is 0.253 e. The van der Waals surface area contributed by atoms with E-state index in [9.17, 15) is 4.79 Å². The molecule has 1 aromatic rings. The van der Waals surface area contributed by atoms with E-state index in [2.05, 4.69) is 15.6 Å². The van der Waals surface area contributed by atoms with Crippen LogP contribution >= 0.6 is 0 Å². The summed E-state index contributed by atoms with van der Waals surface area (Å²) >= 11 is 0. The Morgan fingerprint density at radius 1 is 1.35 bits per heavy atom. The number of rotatable bonds is 3. The molecule has 1 aromatic carbocycles. The number of hydrogen-bond donors (Lipinski definition) is 3. The van der Waals surface area contributed by atoms with Gasteiger partial charge < -0.3 is 15.6 Å². The molecule has 4 N–H and O–H groups in total. The number of nitrogens with one attached hydrogen (secondary N) is 2. The summed E-state index contributed by atoms with van der Waals surface area (Å²) in [6.45, 7) is 5.32. The van der Waals surface area contributed by atoms with E-state index in [0.717, 1.165) is 12.1 Å². The summed E-state index contributed by atoms with van der Waals surface area (Å²) in [5, 5.41) is 3.18. The highest BCUT2D eigenvalue weighted by Crippen LogP contribution is 2.28. The van der Waals surface area contributed by atoms with E-state index in [-0.39, 0.29) is 11.9 Å². The maximum atomic E-state index is 12.5. The average molecular weight is 274 g/mol. The summed E-state index contributed by atoms with van der Waals surface area (Å²) in [7, 11) is 0. The molecule has 0 aliphatic carbocycles. The van der Waals surface area contributed by atoms with Gasteiger partial charge in [0, 0.05) is 12.6 Å².